The van der Waals surface area contributed by atoms with Crippen LogP contribution in [0.1, 0.15) is 71.6 Å². The number of hydrogen-bond donors (Lipinski definition) is 0. The van der Waals surface area contributed by atoms with Gasteiger partial charge in [0.2, 0.25) is 0 Å². The molecular formula is C18H36O4. The fourth-order valence-corrected chi connectivity index (χ4v) is 2.98. The lowest BCUT2D eigenvalue weighted by atomic mass is 9.98. The van der Waals surface area contributed by atoms with Crippen LogP contribution in [0.3, 0.4) is 0 Å². The van der Waals surface area contributed by atoms with Crippen molar-refractivity contribution in [2.45, 2.75) is 89.6 Å². The van der Waals surface area contributed by atoms with Gasteiger partial charge in [-0.15, -0.1) is 0 Å². The smallest absolute Gasteiger partial charge is 0.194 e. The molecule has 0 saturated carbocycles. The molecule has 1 aliphatic heterocycles. The fraction of sp³-hybridized carbons (Fsp3) is 1.00. The summed E-state index contributed by atoms with van der Waals surface area (Å²) in [5, 5.41) is 0. The van der Waals surface area contributed by atoms with Gasteiger partial charge in [0.25, 0.3) is 0 Å². The Bertz CT molecular complexity index is 262. The molecule has 0 bridgehead atoms. The van der Waals surface area contributed by atoms with Gasteiger partial charge in [-0.1, -0.05) is 52.4 Å². The van der Waals surface area contributed by atoms with Gasteiger partial charge in [0.1, 0.15) is 12.2 Å². The van der Waals surface area contributed by atoms with Crippen LogP contribution in [0.15, 0.2) is 0 Å². The Morgan fingerprint density at radius 1 is 1.00 bits per heavy atom. The van der Waals surface area contributed by atoms with Crippen molar-refractivity contribution in [3.05, 3.63) is 0 Å². The van der Waals surface area contributed by atoms with Crippen LogP contribution in [0.4, 0.5) is 0 Å². The highest BCUT2D eigenvalue weighted by Gasteiger charge is 2.39. The molecule has 0 N–H and O–H groups in total. The average Bonchev–Trinajstić information content (AvgIpc) is 3.36. The van der Waals surface area contributed by atoms with Gasteiger partial charge in [-0.25, -0.2) is 0 Å². The molecule has 2 atom stereocenters. The van der Waals surface area contributed by atoms with Gasteiger partial charge in [-0.05, 0) is 12.8 Å². The van der Waals surface area contributed by atoms with Crippen molar-refractivity contribution in [1.82, 2.24) is 0 Å². The molecule has 1 heterocycles. The molecule has 1 rings (SSSR count). The van der Waals surface area contributed by atoms with Crippen LogP contribution in [-0.4, -0.2) is 45.4 Å². The first-order valence-electron chi connectivity index (χ1n) is 9.05. The highest BCUT2D eigenvalue weighted by Crippen LogP contribution is 2.29. The summed E-state index contributed by atoms with van der Waals surface area (Å²) in [6, 6.07) is 0. The molecule has 4 heteroatoms. The van der Waals surface area contributed by atoms with Crippen LogP contribution in [0, 0.1) is 0 Å². The first-order valence-corrected chi connectivity index (χ1v) is 9.05. The Morgan fingerprint density at radius 2 is 1.59 bits per heavy atom. The maximum atomic E-state index is 6.00. The van der Waals surface area contributed by atoms with E-state index in [9.17, 15) is 0 Å². The van der Waals surface area contributed by atoms with E-state index in [2.05, 4.69) is 13.8 Å². The normalized spacial score (nSPS) is 19.4. The molecule has 0 aromatic heterocycles. The third-order valence-corrected chi connectivity index (χ3v) is 4.57. The first-order chi connectivity index (χ1) is 10.7. The fourth-order valence-electron chi connectivity index (χ4n) is 2.98. The number of methoxy groups -OCH3 is 2. The first kappa shape index (κ1) is 19.9. The van der Waals surface area contributed by atoms with E-state index in [1.54, 1.807) is 14.2 Å². The minimum atomic E-state index is -0.618. The Hall–Kier alpha value is -0.160. The van der Waals surface area contributed by atoms with E-state index in [0.717, 1.165) is 25.9 Å². The molecule has 0 spiro atoms. The van der Waals surface area contributed by atoms with Crippen LogP contribution < -0.4 is 0 Å². The zero-order chi connectivity index (χ0) is 16.3. The number of hydrogen-bond acceptors (Lipinski definition) is 4. The van der Waals surface area contributed by atoms with E-state index >= 15 is 0 Å². The molecule has 0 amide bonds. The molecule has 22 heavy (non-hydrogen) atoms. The van der Waals surface area contributed by atoms with E-state index < -0.39 is 5.79 Å². The summed E-state index contributed by atoms with van der Waals surface area (Å²) in [6.45, 7) is 5.84. The van der Waals surface area contributed by atoms with Gasteiger partial charge in [0.15, 0.2) is 5.79 Å². The second-order valence-corrected chi connectivity index (χ2v) is 6.28. The Balaban J connectivity index is 2.32. The molecule has 1 fully saturated rings. The lowest BCUT2D eigenvalue weighted by Gasteiger charge is -2.37. The summed E-state index contributed by atoms with van der Waals surface area (Å²) in [6.07, 6.45) is 11.0. The molecule has 0 aromatic carbocycles. The van der Waals surface area contributed by atoms with Crippen molar-refractivity contribution < 1.29 is 18.9 Å². The molecule has 0 aliphatic carbocycles. The van der Waals surface area contributed by atoms with Crippen molar-refractivity contribution in [2.75, 3.05) is 27.4 Å². The minimum absolute atomic E-state index is 0.0354. The van der Waals surface area contributed by atoms with Crippen LogP contribution >= 0.6 is 0 Å². The van der Waals surface area contributed by atoms with Crippen molar-refractivity contribution in [3.8, 4) is 0 Å². The van der Waals surface area contributed by atoms with Crippen molar-refractivity contribution in [1.29, 1.82) is 0 Å². The molecule has 1 aliphatic rings. The van der Waals surface area contributed by atoms with E-state index in [0.29, 0.717) is 6.61 Å². The lowest BCUT2D eigenvalue weighted by Crippen LogP contribution is -2.47. The predicted octanol–water partition coefficient (Wildman–Crippen LogP) is 4.31. The SMILES string of the molecule is CCCCCCCCCC(OC)(OC)C(CC)OCC1CO1. The Labute approximate surface area is 136 Å². The monoisotopic (exact) mass is 316 g/mol. The number of rotatable bonds is 15. The zero-order valence-corrected chi connectivity index (χ0v) is 15.1. The van der Waals surface area contributed by atoms with E-state index in [4.69, 9.17) is 18.9 Å². The number of unbranched alkanes of at least 4 members (excludes halogenated alkanes) is 6. The lowest BCUT2D eigenvalue weighted by molar-refractivity contribution is -0.274. The van der Waals surface area contributed by atoms with Crippen molar-refractivity contribution in [3.63, 3.8) is 0 Å². The van der Waals surface area contributed by atoms with E-state index in [-0.39, 0.29) is 12.2 Å². The molecule has 2 unspecified atom stereocenters. The van der Waals surface area contributed by atoms with Crippen LogP contribution in [0.2, 0.25) is 0 Å². The average molecular weight is 316 g/mol. The van der Waals surface area contributed by atoms with Crippen molar-refractivity contribution >= 4 is 0 Å². The molecule has 0 radical (unpaired) electrons. The van der Waals surface area contributed by atoms with Gasteiger partial charge in [-0.3, -0.25) is 0 Å². The van der Waals surface area contributed by atoms with Gasteiger partial charge in [0, 0.05) is 20.6 Å². The van der Waals surface area contributed by atoms with Gasteiger partial charge >= 0.3 is 0 Å². The highest BCUT2D eigenvalue weighted by atomic mass is 16.7. The molecule has 132 valence electrons. The summed E-state index contributed by atoms with van der Waals surface area (Å²) in [5.41, 5.74) is 0. The maximum absolute atomic E-state index is 6.00. The van der Waals surface area contributed by atoms with Gasteiger partial charge in [0.05, 0.1) is 13.2 Å². The van der Waals surface area contributed by atoms with Gasteiger partial charge in [-0.2, -0.15) is 0 Å². The molecule has 1 saturated heterocycles. The molecule has 0 aromatic rings. The standard InChI is InChI=1S/C18H36O4/c1-5-7-8-9-10-11-12-13-18(19-3,20-4)17(6-2)22-15-16-14-21-16/h16-17H,5-15H2,1-4H3. The summed E-state index contributed by atoms with van der Waals surface area (Å²) in [7, 11) is 3.45. The predicted molar refractivity (Wildman–Crippen MR) is 89.1 cm³/mol. The van der Waals surface area contributed by atoms with Gasteiger partial charge < -0.3 is 18.9 Å². The summed E-state index contributed by atoms with van der Waals surface area (Å²) < 4.78 is 22.7. The molecule has 4 nitrogen and oxygen atoms in total. The largest absolute Gasteiger partial charge is 0.371 e. The van der Waals surface area contributed by atoms with Crippen LogP contribution in [0.5, 0.6) is 0 Å². The second-order valence-electron chi connectivity index (χ2n) is 6.28. The Morgan fingerprint density at radius 3 is 2.09 bits per heavy atom. The third kappa shape index (κ3) is 6.95. The topological polar surface area (TPSA) is 40.2 Å². The van der Waals surface area contributed by atoms with E-state index in [1.807, 2.05) is 0 Å². The number of epoxide rings is 1. The quantitative estimate of drug-likeness (QED) is 0.256. The minimum Gasteiger partial charge on any atom is -0.371 e. The Kier molecular flexibility index (Phi) is 10.3. The summed E-state index contributed by atoms with van der Waals surface area (Å²) >= 11 is 0. The second kappa shape index (κ2) is 11.4. The number of ether oxygens (including phenoxy) is 4. The summed E-state index contributed by atoms with van der Waals surface area (Å²) in [4.78, 5) is 0. The van der Waals surface area contributed by atoms with E-state index in [1.165, 1.54) is 38.5 Å². The summed E-state index contributed by atoms with van der Waals surface area (Å²) in [5.74, 6) is -0.618. The van der Waals surface area contributed by atoms with Crippen LogP contribution in [0.25, 0.3) is 0 Å². The maximum Gasteiger partial charge on any atom is 0.194 e. The highest BCUT2D eigenvalue weighted by molar-refractivity contribution is 4.81. The zero-order valence-electron chi connectivity index (χ0n) is 15.1. The third-order valence-electron chi connectivity index (χ3n) is 4.57. The van der Waals surface area contributed by atoms with Crippen LogP contribution in [-0.2, 0) is 18.9 Å². The molecular weight excluding hydrogens is 280 g/mol. The van der Waals surface area contributed by atoms with Crippen molar-refractivity contribution in [2.24, 2.45) is 0 Å².